The Hall–Kier alpha value is -1.97. The van der Waals surface area contributed by atoms with Crippen molar-refractivity contribution >= 4 is 12.0 Å². The Morgan fingerprint density at radius 3 is 2.53 bits per heavy atom. The van der Waals surface area contributed by atoms with Gasteiger partial charge in [0.2, 0.25) is 0 Å². The van der Waals surface area contributed by atoms with E-state index in [4.69, 9.17) is 14.2 Å². The van der Waals surface area contributed by atoms with Gasteiger partial charge in [-0.15, -0.1) is 0 Å². The molecule has 4 heteroatoms. The maximum Gasteiger partial charge on any atom is 0.330 e. The molecular weight excluding hydrogens is 220 g/mol. The van der Waals surface area contributed by atoms with E-state index >= 15 is 0 Å². The SMILES string of the molecule is CCOC(=O)C=Cc1ccc(OC)c(OC)c1. The average Bonchev–Trinajstić information content (AvgIpc) is 2.36. The topological polar surface area (TPSA) is 44.8 Å². The number of hydrogen-bond donors (Lipinski definition) is 0. The van der Waals surface area contributed by atoms with Crippen LogP contribution in [0.2, 0.25) is 0 Å². The molecule has 0 saturated carbocycles. The fourth-order valence-corrected chi connectivity index (χ4v) is 1.31. The molecular formula is C13H16O4. The number of carbonyl (C=O) groups excluding carboxylic acids is 1. The highest BCUT2D eigenvalue weighted by Gasteiger charge is 2.03. The molecule has 1 rings (SSSR count). The average molecular weight is 236 g/mol. The molecule has 0 saturated heterocycles. The zero-order valence-corrected chi connectivity index (χ0v) is 10.2. The largest absolute Gasteiger partial charge is 0.493 e. The Kier molecular flexibility index (Phi) is 5.07. The van der Waals surface area contributed by atoms with Crippen molar-refractivity contribution in [3.05, 3.63) is 29.8 Å². The summed E-state index contributed by atoms with van der Waals surface area (Å²) in [5, 5.41) is 0. The third-order valence-electron chi connectivity index (χ3n) is 2.11. The van der Waals surface area contributed by atoms with E-state index in [1.165, 1.54) is 6.08 Å². The maximum atomic E-state index is 11.1. The Morgan fingerprint density at radius 2 is 1.94 bits per heavy atom. The van der Waals surface area contributed by atoms with Crippen LogP contribution in [0.25, 0.3) is 6.08 Å². The summed E-state index contributed by atoms with van der Waals surface area (Å²) in [4.78, 5) is 11.1. The van der Waals surface area contributed by atoms with E-state index in [0.717, 1.165) is 5.56 Å². The molecule has 0 atom stereocenters. The molecule has 0 bridgehead atoms. The molecule has 0 aliphatic heterocycles. The van der Waals surface area contributed by atoms with Crippen molar-refractivity contribution < 1.29 is 19.0 Å². The van der Waals surface area contributed by atoms with Crippen LogP contribution in [0, 0.1) is 0 Å². The molecule has 1 aromatic carbocycles. The van der Waals surface area contributed by atoms with Crippen molar-refractivity contribution in [1.29, 1.82) is 0 Å². The van der Waals surface area contributed by atoms with E-state index < -0.39 is 0 Å². The van der Waals surface area contributed by atoms with Gasteiger partial charge in [0.1, 0.15) is 0 Å². The standard InChI is InChI=1S/C13H16O4/c1-4-17-13(14)8-6-10-5-7-11(15-2)12(9-10)16-3/h5-9H,4H2,1-3H3. The quantitative estimate of drug-likeness (QED) is 0.581. The first kappa shape index (κ1) is 13.1. The smallest absolute Gasteiger partial charge is 0.330 e. The lowest BCUT2D eigenvalue weighted by molar-refractivity contribution is -0.137. The number of carbonyl (C=O) groups is 1. The second kappa shape index (κ2) is 6.58. The number of ether oxygens (including phenoxy) is 3. The van der Waals surface area contributed by atoms with Crippen LogP contribution in [-0.4, -0.2) is 26.8 Å². The summed E-state index contributed by atoms with van der Waals surface area (Å²) in [6.45, 7) is 2.14. The van der Waals surface area contributed by atoms with Crippen LogP contribution < -0.4 is 9.47 Å². The summed E-state index contributed by atoms with van der Waals surface area (Å²) in [5.74, 6) is 0.918. The van der Waals surface area contributed by atoms with Gasteiger partial charge in [-0.3, -0.25) is 0 Å². The van der Waals surface area contributed by atoms with Gasteiger partial charge in [0, 0.05) is 6.08 Å². The lowest BCUT2D eigenvalue weighted by Gasteiger charge is -2.07. The highest BCUT2D eigenvalue weighted by molar-refractivity contribution is 5.87. The molecule has 0 radical (unpaired) electrons. The molecule has 0 unspecified atom stereocenters. The zero-order chi connectivity index (χ0) is 12.7. The van der Waals surface area contributed by atoms with E-state index in [1.807, 2.05) is 6.07 Å². The molecule has 0 amide bonds. The summed E-state index contributed by atoms with van der Waals surface area (Å²) < 4.78 is 15.1. The van der Waals surface area contributed by atoms with Crippen LogP contribution in [-0.2, 0) is 9.53 Å². The first-order valence-electron chi connectivity index (χ1n) is 5.28. The Labute approximate surface area is 101 Å². The summed E-state index contributed by atoms with van der Waals surface area (Å²) in [6.07, 6.45) is 3.05. The van der Waals surface area contributed by atoms with Crippen molar-refractivity contribution in [3.63, 3.8) is 0 Å². The van der Waals surface area contributed by atoms with Crippen molar-refractivity contribution in [2.45, 2.75) is 6.92 Å². The van der Waals surface area contributed by atoms with Gasteiger partial charge in [0.15, 0.2) is 11.5 Å². The van der Waals surface area contributed by atoms with Crippen molar-refractivity contribution in [3.8, 4) is 11.5 Å². The maximum absolute atomic E-state index is 11.1. The van der Waals surface area contributed by atoms with E-state index in [-0.39, 0.29) is 5.97 Å². The van der Waals surface area contributed by atoms with Crippen LogP contribution >= 0.6 is 0 Å². The van der Waals surface area contributed by atoms with E-state index in [1.54, 1.807) is 39.4 Å². The van der Waals surface area contributed by atoms with Crippen LogP contribution in [0.4, 0.5) is 0 Å². The molecule has 4 nitrogen and oxygen atoms in total. The summed E-state index contributed by atoms with van der Waals surface area (Å²) in [5.41, 5.74) is 0.843. The number of hydrogen-bond acceptors (Lipinski definition) is 4. The molecule has 1 aromatic rings. The second-order valence-electron chi connectivity index (χ2n) is 3.20. The van der Waals surface area contributed by atoms with Gasteiger partial charge < -0.3 is 14.2 Å². The summed E-state index contributed by atoms with van der Waals surface area (Å²) in [7, 11) is 3.14. The lowest BCUT2D eigenvalue weighted by Crippen LogP contribution is -1.98. The lowest BCUT2D eigenvalue weighted by atomic mass is 10.2. The molecule has 0 N–H and O–H groups in total. The van der Waals surface area contributed by atoms with Gasteiger partial charge in [-0.25, -0.2) is 4.79 Å². The van der Waals surface area contributed by atoms with E-state index in [9.17, 15) is 4.79 Å². The first-order valence-corrected chi connectivity index (χ1v) is 5.28. The third kappa shape index (κ3) is 3.83. The zero-order valence-electron chi connectivity index (χ0n) is 10.2. The Morgan fingerprint density at radius 1 is 1.24 bits per heavy atom. The monoisotopic (exact) mass is 236 g/mol. The summed E-state index contributed by atoms with van der Waals surface area (Å²) in [6, 6.07) is 5.40. The highest BCUT2D eigenvalue weighted by Crippen LogP contribution is 2.27. The van der Waals surface area contributed by atoms with Gasteiger partial charge in [0.05, 0.1) is 20.8 Å². The number of rotatable bonds is 5. The van der Waals surface area contributed by atoms with Gasteiger partial charge in [-0.05, 0) is 30.7 Å². The van der Waals surface area contributed by atoms with Crippen LogP contribution in [0.1, 0.15) is 12.5 Å². The van der Waals surface area contributed by atoms with Gasteiger partial charge >= 0.3 is 5.97 Å². The molecule has 0 aliphatic carbocycles. The minimum atomic E-state index is -0.359. The van der Waals surface area contributed by atoms with Crippen LogP contribution in [0.5, 0.6) is 11.5 Å². The molecule has 0 spiro atoms. The molecule has 0 heterocycles. The molecule has 0 fully saturated rings. The van der Waals surface area contributed by atoms with Crippen LogP contribution in [0.15, 0.2) is 24.3 Å². The molecule has 17 heavy (non-hydrogen) atoms. The third-order valence-corrected chi connectivity index (χ3v) is 2.11. The van der Waals surface area contributed by atoms with Crippen molar-refractivity contribution in [1.82, 2.24) is 0 Å². The minimum absolute atomic E-state index is 0.359. The van der Waals surface area contributed by atoms with Crippen molar-refractivity contribution in [2.24, 2.45) is 0 Å². The predicted octanol–water partition coefficient (Wildman–Crippen LogP) is 2.28. The normalized spacial score (nSPS) is 10.3. The molecule has 92 valence electrons. The fraction of sp³-hybridized carbons (Fsp3) is 0.308. The van der Waals surface area contributed by atoms with Gasteiger partial charge in [-0.1, -0.05) is 6.07 Å². The Balaban J connectivity index is 2.82. The van der Waals surface area contributed by atoms with Crippen molar-refractivity contribution in [2.75, 3.05) is 20.8 Å². The molecule has 0 aromatic heterocycles. The van der Waals surface area contributed by atoms with Crippen LogP contribution in [0.3, 0.4) is 0 Å². The number of methoxy groups -OCH3 is 2. The number of esters is 1. The highest BCUT2D eigenvalue weighted by atomic mass is 16.5. The van der Waals surface area contributed by atoms with E-state index in [2.05, 4.69) is 0 Å². The first-order chi connectivity index (χ1) is 8.21. The van der Waals surface area contributed by atoms with E-state index in [0.29, 0.717) is 18.1 Å². The summed E-state index contributed by atoms with van der Waals surface area (Å²) >= 11 is 0. The second-order valence-corrected chi connectivity index (χ2v) is 3.20. The van der Waals surface area contributed by atoms with Gasteiger partial charge in [0.25, 0.3) is 0 Å². The fourth-order valence-electron chi connectivity index (χ4n) is 1.31. The molecule has 0 aliphatic rings. The Bertz CT molecular complexity index is 410. The van der Waals surface area contributed by atoms with Gasteiger partial charge in [-0.2, -0.15) is 0 Å². The minimum Gasteiger partial charge on any atom is -0.493 e. The number of benzene rings is 1. The predicted molar refractivity (Wildman–Crippen MR) is 65.2 cm³/mol.